The molecule has 198 valence electrons. The third-order valence-electron chi connectivity index (χ3n) is 6.80. The number of likely N-dealkylation sites (N-methyl/N-ethyl adjacent to an activating group) is 1. The molecule has 0 aliphatic carbocycles. The molecule has 3 aromatic rings. The van der Waals surface area contributed by atoms with E-state index in [1.807, 2.05) is 91.0 Å². The zero-order chi connectivity index (χ0) is 26.2. The average molecular weight is 515 g/mol. The van der Waals surface area contributed by atoms with Gasteiger partial charge in [0, 0.05) is 20.1 Å². The van der Waals surface area contributed by atoms with Crippen LogP contribution in [0.5, 0.6) is 0 Å². The maximum Gasteiger partial charge on any atom is 0.324 e. The van der Waals surface area contributed by atoms with Gasteiger partial charge in [0.15, 0.2) is 6.10 Å². The summed E-state index contributed by atoms with van der Waals surface area (Å²) < 4.78 is 25.3. The fraction of sp³-hybridized carbons (Fsp3) is 0.323. The van der Waals surface area contributed by atoms with E-state index in [4.69, 9.17) is 18.9 Å². The van der Waals surface area contributed by atoms with Crippen LogP contribution in [0.2, 0.25) is 0 Å². The number of carbonyl (C=O) groups is 1. The Morgan fingerprint density at radius 1 is 0.763 bits per heavy atom. The van der Waals surface area contributed by atoms with Gasteiger partial charge in [-0.1, -0.05) is 91.0 Å². The molecule has 0 aromatic heterocycles. The molecule has 2 aliphatic rings. The monoisotopic (exact) mass is 514 g/mol. The van der Waals surface area contributed by atoms with Crippen LogP contribution in [-0.4, -0.2) is 60.9 Å². The summed E-state index contributed by atoms with van der Waals surface area (Å²) in [5.74, 6) is 0. The summed E-state index contributed by atoms with van der Waals surface area (Å²) in [4.78, 5) is 16.4. The van der Waals surface area contributed by atoms with E-state index in [0.29, 0.717) is 45.2 Å². The highest BCUT2D eigenvalue weighted by Crippen LogP contribution is 2.31. The van der Waals surface area contributed by atoms with Crippen LogP contribution in [0.25, 0.3) is 0 Å². The number of nitrogens with zero attached hydrogens (tertiary/aromatic N) is 2. The molecule has 2 heterocycles. The Balaban J connectivity index is 1.38. The standard InChI is InChI=1S/C31H34N2O5/c1-32-17-18-33(31(32)34)27-22-36-28(23-35-19-24-11-5-2-6-12-24)30(38-21-26-15-9-4-10-16-26)29(27)37-20-25-13-7-3-8-14-25/h2-16,22,28-30H,17-21,23H2,1H3/t28-,29-,30+/m1/s1. The molecule has 1 saturated heterocycles. The molecule has 5 rings (SSSR count). The lowest BCUT2D eigenvalue weighted by Gasteiger charge is -2.40. The van der Waals surface area contributed by atoms with Crippen molar-refractivity contribution in [2.45, 2.75) is 38.1 Å². The Morgan fingerprint density at radius 2 is 1.32 bits per heavy atom. The summed E-state index contributed by atoms with van der Waals surface area (Å²) in [6.07, 6.45) is 0.232. The molecule has 0 N–H and O–H groups in total. The van der Waals surface area contributed by atoms with Crippen LogP contribution in [0.4, 0.5) is 4.79 Å². The summed E-state index contributed by atoms with van der Waals surface area (Å²) >= 11 is 0. The second-order valence-electron chi connectivity index (χ2n) is 9.55. The summed E-state index contributed by atoms with van der Waals surface area (Å²) in [7, 11) is 1.80. The molecule has 0 saturated carbocycles. The third-order valence-corrected chi connectivity index (χ3v) is 6.80. The number of hydrogen-bond donors (Lipinski definition) is 0. The maximum absolute atomic E-state index is 13.0. The van der Waals surface area contributed by atoms with Gasteiger partial charge in [0.05, 0.1) is 32.1 Å². The van der Waals surface area contributed by atoms with E-state index in [-0.39, 0.29) is 6.03 Å². The Morgan fingerprint density at radius 3 is 1.87 bits per heavy atom. The number of benzene rings is 3. The molecule has 3 aromatic carbocycles. The number of urea groups is 1. The Hall–Kier alpha value is -3.65. The number of carbonyl (C=O) groups excluding carboxylic acids is 1. The first kappa shape index (κ1) is 26.0. The summed E-state index contributed by atoms with van der Waals surface area (Å²) in [5.41, 5.74) is 3.85. The zero-order valence-electron chi connectivity index (χ0n) is 21.6. The minimum absolute atomic E-state index is 0.0752. The summed E-state index contributed by atoms with van der Waals surface area (Å²) in [6, 6.07) is 30.0. The highest BCUT2D eigenvalue weighted by atomic mass is 16.6. The van der Waals surface area contributed by atoms with Crippen LogP contribution in [0.3, 0.4) is 0 Å². The highest BCUT2D eigenvalue weighted by molar-refractivity contribution is 5.78. The summed E-state index contributed by atoms with van der Waals surface area (Å²) in [5, 5.41) is 0. The Labute approximate surface area is 224 Å². The number of ether oxygens (including phenoxy) is 4. The van der Waals surface area contributed by atoms with Gasteiger partial charge in [0.25, 0.3) is 0 Å². The van der Waals surface area contributed by atoms with Crippen LogP contribution < -0.4 is 0 Å². The fourth-order valence-corrected chi connectivity index (χ4v) is 4.67. The van der Waals surface area contributed by atoms with Crippen LogP contribution >= 0.6 is 0 Å². The fourth-order valence-electron chi connectivity index (χ4n) is 4.67. The molecule has 3 atom stereocenters. The van der Waals surface area contributed by atoms with Crippen LogP contribution in [0.15, 0.2) is 103 Å². The van der Waals surface area contributed by atoms with Gasteiger partial charge >= 0.3 is 6.03 Å². The maximum atomic E-state index is 13.0. The van der Waals surface area contributed by atoms with Crippen molar-refractivity contribution in [2.24, 2.45) is 0 Å². The van der Waals surface area contributed by atoms with E-state index in [1.54, 1.807) is 23.1 Å². The van der Waals surface area contributed by atoms with Crippen molar-refractivity contribution in [2.75, 3.05) is 26.7 Å². The van der Waals surface area contributed by atoms with Gasteiger partial charge in [-0.25, -0.2) is 4.79 Å². The van der Waals surface area contributed by atoms with Gasteiger partial charge in [-0.2, -0.15) is 0 Å². The van der Waals surface area contributed by atoms with E-state index in [0.717, 1.165) is 16.7 Å². The average Bonchev–Trinajstić information content (AvgIpc) is 3.30. The second-order valence-corrected chi connectivity index (χ2v) is 9.55. The van der Waals surface area contributed by atoms with E-state index in [9.17, 15) is 4.79 Å². The van der Waals surface area contributed by atoms with Gasteiger partial charge < -0.3 is 23.8 Å². The number of amides is 2. The van der Waals surface area contributed by atoms with Crippen LogP contribution in [-0.2, 0) is 38.8 Å². The Bertz CT molecular complexity index is 1190. The minimum Gasteiger partial charge on any atom is -0.491 e. The molecule has 2 aliphatic heterocycles. The van der Waals surface area contributed by atoms with Crippen LogP contribution in [0.1, 0.15) is 16.7 Å². The lowest BCUT2D eigenvalue weighted by Crippen LogP contribution is -2.51. The van der Waals surface area contributed by atoms with Crippen molar-refractivity contribution >= 4 is 6.03 Å². The molecule has 0 radical (unpaired) electrons. The molecule has 0 bridgehead atoms. The normalized spacial score (nSPS) is 21.3. The van der Waals surface area contributed by atoms with Crippen molar-refractivity contribution in [1.29, 1.82) is 0 Å². The molecule has 1 fully saturated rings. The quantitative estimate of drug-likeness (QED) is 0.361. The molecule has 0 unspecified atom stereocenters. The first-order valence-electron chi connectivity index (χ1n) is 13.0. The first-order valence-corrected chi connectivity index (χ1v) is 13.0. The van der Waals surface area contributed by atoms with Crippen molar-refractivity contribution in [3.63, 3.8) is 0 Å². The highest BCUT2D eigenvalue weighted by Gasteiger charge is 2.44. The number of rotatable bonds is 11. The van der Waals surface area contributed by atoms with Crippen molar-refractivity contribution in [3.8, 4) is 0 Å². The lowest BCUT2D eigenvalue weighted by molar-refractivity contribution is -0.157. The first-order chi connectivity index (χ1) is 18.7. The second kappa shape index (κ2) is 12.7. The minimum atomic E-state index is -0.520. The van der Waals surface area contributed by atoms with Crippen molar-refractivity contribution < 1.29 is 23.7 Å². The smallest absolute Gasteiger partial charge is 0.324 e. The lowest BCUT2D eigenvalue weighted by atomic mass is 10.0. The Kier molecular flexibility index (Phi) is 8.71. The molecular formula is C31H34N2O5. The SMILES string of the molecule is CN1CCN(C2=CO[C@H](COCc3ccccc3)[C@H](OCc3ccccc3)[C@@H]2OCc2ccccc2)C1=O. The molecule has 0 spiro atoms. The van der Waals surface area contributed by atoms with E-state index >= 15 is 0 Å². The predicted octanol–water partition coefficient (Wildman–Crippen LogP) is 4.98. The van der Waals surface area contributed by atoms with Gasteiger partial charge in [-0.15, -0.1) is 0 Å². The molecule has 7 nitrogen and oxygen atoms in total. The van der Waals surface area contributed by atoms with Gasteiger partial charge in [0.2, 0.25) is 0 Å². The van der Waals surface area contributed by atoms with Crippen LogP contribution in [0, 0.1) is 0 Å². The van der Waals surface area contributed by atoms with Gasteiger partial charge in [-0.05, 0) is 16.7 Å². The molecule has 7 heteroatoms. The molecule has 38 heavy (non-hydrogen) atoms. The third kappa shape index (κ3) is 6.42. The molecular weight excluding hydrogens is 480 g/mol. The van der Waals surface area contributed by atoms with E-state index < -0.39 is 18.3 Å². The largest absolute Gasteiger partial charge is 0.491 e. The molecule has 2 amide bonds. The van der Waals surface area contributed by atoms with E-state index in [1.165, 1.54) is 0 Å². The van der Waals surface area contributed by atoms with Gasteiger partial charge in [0.1, 0.15) is 18.5 Å². The van der Waals surface area contributed by atoms with Crippen molar-refractivity contribution in [1.82, 2.24) is 9.80 Å². The zero-order valence-corrected chi connectivity index (χ0v) is 21.6. The predicted molar refractivity (Wildman–Crippen MR) is 144 cm³/mol. The van der Waals surface area contributed by atoms with E-state index in [2.05, 4.69) is 0 Å². The number of hydrogen-bond acceptors (Lipinski definition) is 5. The van der Waals surface area contributed by atoms with Gasteiger partial charge in [-0.3, -0.25) is 4.90 Å². The van der Waals surface area contributed by atoms with Crippen molar-refractivity contribution in [3.05, 3.63) is 120 Å². The topological polar surface area (TPSA) is 60.5 Å². The summed E-state index contributed by atoms with van der Waals surface area (Å²) in [6.45, 7) is 2.75.